The fourth-order valence-corrected chi connectivity index (χ4v) is 5.35. The minimum Gasteiger partial charge on any atom is -0.325 e. The molecule has 32 heavy (non-hydrogen) atoms. The van der Waals surface area contributed by atoms with E-state index in [1.165, 1.54) is 22.1 Å². The molecule has 0 radical (unpaired) electrons. The summed E-state index contributed by atoms with van der Waals surface area (Å²) in [5.41, 5.74) is 3.81. The lowest BCUT2D eigenvalue weighted by Gasteiger charge is -2.20. The molecule has 0 unspecified atom stereocenters. The number of carbonyl (C=O) groups is 2. The smallest absolute Gasteiger partial charge is 0.243 e. The first-order valence-corrected chi connectivity index (χ1v) is 13.0. The normalized spacial score (nSPS) is 11.4. The highest BCUT2D eigenvalue weighted by molar-refractivity contribution is 8.00. The Hall–Kier alpha value is -2.36. The Morgan fingerprint density at radius 1 is 0.938 bits per heavy atom. The molecule has 9 heteroatoms. The van der Waals surface area contributed by atoms with Crippen molar-refractivity contribution in [3.8, 4) is 0 Å². The second-order valence-corrected chi connectivity index (χ2v) is 10.4. The number of amides is 2. The molecule has 0 bridgehead atoms. The zero-order valence-corrected chi connectivity index (χ0v) is 20.8. The topological polar surface area (TPSA) is 95.6 Å². The largest absolute Gasteiger partial charge is 0.325 e. The van der Waals surface area contributed by atoms with Gasteiger partial charge in [0, 0.05) is 24.5 Å². The van der Waals surface area contributed by atoms with Gasteiger partial charge in [0.2, 0.25) is 21.8 Å². The van der Waals surface area contributed by atoms with Gasteiger partial charge < -0.3 is 10.6 Å². The highest BCUT2D eigenvalue weighted by Gasteiger charge is 2.23. The Labute approximate surface area is 195 Å². The quantitative estimate of drug-likeness (QED) is 0.540. The van der Waals surface area contributed by atoms with E-state index in [0.29, 0.717) is 18.8 Å². The number of anilines is 2. The molecule has 0 saturated heterocycles. The van der Waals surface area contributed by atoms with Crippen LogP contribution in [0.15, 0.2) is 41.3 Å². The molecule has 0 saturated carbocycles. The molecule has 2 aromatic carbocycles. The summed E-state index contributed by atoms with van der Waals surface area (Å²) in [7, 11) is -3.64. The summed E-state index contributed by atoms with van der Waals surface area (Å²) in [4.78, 5) is 24.7. The lowest BCUT2D eigenvalue weighted by atomic mass is 10.1. The molecule has 2 aromatic rings. The van der Waals surface area contributed by atoms with Crippen molar-refractivity contribution in [3.05, 3.63) is 53.1 Å². The fraction of sp³-hybridized carbons (Fsp3) is 0.391. The summed E-state index contributed by atoms with van der Waals surface area (Å²) in [5, 5.41) is 5.60. The van der Waals surface area contributed by atoms with Crippen LogP contribution in [0.2, 0.25) is 0 Å². The molecule has 0 aliphatic carbocycles. The van der Waals surface area contributed by atoms with Crippen LogP contribution in [0.1, 0.15) is 30.5 Å². The predicted octanol–water partition coefficient (Wildman–Crippen LogP) is 3.95. The molecular weight excluding hydrogens is 446 g/mol. The van der Waals surface area contributed by atoms with Gasteiger partial charge in [-0.15, -0.1) is 11.8 Å². The predicted molar refractivity (Wildman–Crippen MR) is 132 cm³/mol. The van der Waals surface area contributed by atoms with Gasteiger partial charge in [0.1, 0.15) is 0 Å². The number of hydrogen-bond acceptors (Lipinski definition) is 5. The average molecular weight is 478 g/mol. The van der Waals surface area contributed by atoms with E-state index in [1.54, 1.807) is 19.9 Å². The van der Waals surface area contributed by atoms with Crippen LogP contribution < -0.4 is 10.6 Å². The summed E-state index contributed by atoms with van der Waals surface area (Å²) >= 11 is 1.19. The molecule has 2 rings (SSSR count). The standard InChI is InChI=1S/C23H31N3O4S2/c1-6-26(7-2)32(29,30)20-12-17(4)18(5)21(13-20)25-23(28)15-31-14-22(27)24-19-10-8-9-16(3)11-19/h8-13H,6-7,14-15H2,1-5H3,(H,24,27)(H,25,28). The van der Waals surface area contributed by atoms with Crippen LogP contribution in [0.4, 0.5) is 11.4 Å². The Morgan fingerprint density at radius 3 is 2.16 bits per heavy atom. The van der Waals surface area contributed by atoms with Gasteiger partial charge in [0.15, 0.2) is 0 Å². The van der Waals surface area contributed by atoms with Crippen LogP contribution >= 0.6 is 11.8 Å². The monoisotopic (exact) mass is 477 g/mol. The van der Waals surface area contributed by atoms with Crippen LogP contribution in [0.5, 0.6) is 0 Å². The minimum absolute atomic E-state index is 0.0761. The Kier molecular flexibility index (Phi) is 9.30. The molecule has 0 heterocycles. The van der Waals surface area contributed by atoms with Crippen molar-refractivity contribution in [3.63, 3.8) is 0 Å². The van der Waals surface area contributed by atoms with Crippen LogP contribution in [0, 0.1) is 20.8 Å². The molecule has 0 spiro atoms. The summed E-state index contributed by atoms with van der Waals surface area (Å²) in [6, 6.07) is 10.6. The lowest BCUT2D eigenvalue weighted by molar-refractivity contribution is -0.114. The maximum absolute atomic E-state index is 12.9. The number of carbonyl (C=O) groups excluding carboxylic acids is 2. The SMILES string of the molecule is CCN(CC)S(=O)(=O)c1cc(C)c(C)c(NC(=O)CSCC(=O)Nc2cccc(C)c2)c1. The van der Waals surface area contributed by atoms with Crippen molar-refractivity contribution < 1.29 is 18.0 Å². The van der Waals surface area contributed by atoms with E-state index >= 15 is 0 Å². The van der Waals surface area contributed by atoms with E-state index in [4.69, 9.17) is 0 Å². The number of nitrogens with one attached hydrogen (secondary N) is 2. The molecule has 0 fully saturated rings. The number of aryl methyl sites for hydroxylation is 2. The average Bonchev–Trinajstić information content (AvgIpc) is 2.71. The van der Waals surface area contributed by atoms with Crippen LogP contribution in [-0.2, 0) is 19.6 Å². The maximum atomic E-state index is 12.9. The third kappa shape index (κ3) is 6.82. The molecular formula is C23H31N3O4S2. The van der Waals surface area contributed by atoms with Gasteiger partial charge in [-0.05, 0) is 61.7 Å². The second-order valence-electron chi connectivity index (χ2n) is 7.46. The van der Waals surface area contributed by atoms with Crippen LogP contribution in [-0.4, -0.2) is 49.1 Å². The lowest BCUT2D eigenvalue weighted by Crippen LogP contribution is -2.30. The van der Waals surface area contributed by atoms with E-state index in [2.05, 4.69) is 10.6 Å². The summed E-state index contributed by atoms with van der Waals surface area (Å²) in [6.07, 6.45) is 0. The maximum Gasteiger partial charge on any atom is 0.243 e. The summed E-state index contributed by atoms with van der Waals surface area (Å²) < 4.78 is 27.1. The Balaban J connectivity index is 2.00. The molecule has 0 aliphatic rings. The van der Waals surface area contributed by atoms with Crippen molar-refractivity contribution in [1.82, 2.24) is 4.31 Å². The van der Waals surface area contributed by atoms with Crippen molar-refractivity contribution in [2.45, 2.75) is 39.5 Å². The molecule has 2 N–H and O–H groups in total. The van der Waals surface area contributed by atoms with Gasteiger partial charge in [0.05, 0.1) is 16.4 Å². The number of sulfonamides is 1. The number of rotatable bonds is 10. The van der Waals surface area contributed by atoms with E-state index in [-0.39, 0.29) is 28.2 Å². The van der Waals surface area contributed by atoms with E-state index < -0.39 is 10.0 Å². The van der Waals surface area contributed by atoms with E-state index in [1.807, 2.05) is 45.0 Å². The summed E-state index contributed by atoms with van der Waals surface area (Å²) in [5.74, 6) is -0.270. The first kappa shape index (κ1) is 25.9. The van der Waals surface area contributed by atoms with Crippen molar-refractivity contribution in [2.24, 2.45) is 0 Å². The van der Waals surface area contributed by atoms with Gasteiger partial charge in [-0.3, -0.25) is 9.59 Å². The minimum atomic E-state index is -3.64. The third-order valence-corrected chi connectivity index (χ3v) is 7.99. The molecule has 0 aromatic heterocycles. The third-order valence-electron chi connectivity index (χ3n) is 5.03. The number of thioether (sulfide) groups is 1. The zero-order chi connectivity index (χ0) is 23.9. The van der Waals surface area contributed by atoms with Gasteiger partial charge >= 0.3 is 0 Å². The van der Waals surface area contributed by atoms with Crippen LogP contribution in [0.3, 0.4) is 0 Å². The highest BCUT2D eigenvalue weighted by Crippen LogP contribution is 2.26. The molecule has 7 nitrogen and oxygen atoms in total. The molecule has 174 valence electrons. The summed E-state index contributed by atoms with van der Waals surface area (Å²) in [6.45, 7) is 9.91. The number of benzene rings is 2. The Bertz CT molecular complexity index is 1080. The highest BCUT2D eigenvalue weighted by atomic mass is 32.2. The molecule has 0 aliphatic heterocycles. The van der Waals surface area contributed by atoms with Crippen molar-refractivity contribution in [2.75, 3.05) is 35.2 Å². The Morgan fingerprint density at radius 2 is 1.56 bits per heavy atom. The molecule has 0 atom stereocenters. The first-order chi connectivity index (χ1) is 15.1. The fourth-order valence-electron chi connectivity index (χ4n) is 3.16. The zero-order valence-electron chi connectivity index (χ0n) is 19.2. The van der Waals surface area contributed by atoms with Crippen molar-refractivity contribution >= 4 is 45.0 Å². The van der Waals surface area contributed by atoms with Gasteiger partial charge in [-0.1, -0.05) is 26.0 Å². The van der Waals surface area contributed by atoms with Crippen molar-refractivity contribution in [1.29, 1.82) is 0 Å². The molecule has 2 amide bonds. The van der Waals surface area contributed by atoms with Gasteiger partial charge in [0.25, 0.3) is 0 Å². The van der Waals surface area contributed by atoms with E-state index in [0.717, 1.165) is 22.4 Å². The number of hydrogen-bond donors (Lipinski definition) is 2. The van der Waals surface area contributed by atoms with Crippen LogP contribution in [0.25, 0.3) is 0 Å². The number of nitrogens with zero attached hydrogens (tertiary/aromatic N) is 1. The first-order valence-electron chi connectivity index (χ1n) is 10.4. The van der Waals surface area contributed by atoms with Gasteiger partial charge in [-0.2, -0.15) is 4.31 Å². The van der Waals surface area contributed by atoms with E-state index in [9.17, 15) is 18.0 Å². The van der Waals surface area contributed by atoms with Gasteiger partial charge in [-0.25, -0.2) is 8.42 Å². The second kappa shape index (κ2) is 11.5.